The lowest BCUT2D eigenvalue weighted by Crippen LogP contribution is -2.52. The fourth-order valence-corrected chi connectivity index (χ4v) is 4.70. The van der Waals surface area contributed by atoms with Crippen LogP contribution in [0.1, 0.15) is 11.1 Å². The highest BCUT2D eigenvalue weighted by Gasteiger charge is 2.50. The molecule has 2 aromatic rings. The van der Waals surface area contributed by atoms with Gasteiger partial charge >= 0.3 is 0 Å². The zero-order valence-electron chi connectivity index (χ0n) is 14.6. The Morgan fingerprint density at radius 1 is 0.808 bits per heavy atom. The van der Waals surface area contributed by atoms with Gasteiger partial charge < -0.3 is 18.9 Å². The second-order valence-corrected chi connectivity index (χ2v) is 7.45. The first-order valence-electron chi connectivity index (χ1n) is 8.46. The van der Waals surface area contributed by atoms with Crippen molar-refractivity contribution in [1.29, 1.82) is 0 Å². The minimum atomic E-state index is -0.871. The largest absolute Gasteiger partial charge is 0.497 e. The topological polar surface area (TPSA) is 36.9 Å². The third kappa shape index (κ3) is 2.23. The van der Waals surface area contributed by atoms with Crippen molar-refractivity contribution in [3.05, 3.63) is 58.7 Å². The molecular weight excluding hydrogens is 348 g/mol. The Kier molecular flexibility index (Phi) is 3.47. The second kappa shape index (κ2) is 5.74. The number of benzene rings is 2. The van der Waals surface area contributed by atoms with Crippen LogP contribution in [0.4, 0.5) is 0 Å². The third-order valence-corrected chi connectivity index (χ3v) is 6.00. The molecule has 1 spiro atoms. The molecule has 132 valence electrons. The van der Waals surface area contributed by atoms with Gasteiger partial charge in [-0.3, -0.25) is 0 Å². The quantitative estimate of drug-likeness (QED) is 0.787. The van der Waals surface area contributed by atoms with E-state index in [1.165, 1.54) is 0 Å². The minimum absolute atomic E-state index is 0.769. The van der Waals surface area contributed by atoms with Crippen molar-refractivity contribution in [2.45, 2.75) is 5.79 Å². The van der Waals surface area contributed by atoms with Crippen LogP contribution in [0.5, 0.6) is 23.0 Å². The molecule has 1 fully saturated rings. The molecule has 3 aliphatic heterocycles. The minimum Gasteiger partial charge on any atom is -0.497 e. The van der Waals surface area contributed by atoms with Gasteiger partial charge in [-0.05, 0) is 36.4 Å². The summed E-state index contributed by atoms with van der Waals surface area (Å²) in [4.78, 5) is 0. The summed E-state index contributed by atoms with van der Waals surface area (Å²) in [6.07, 6.45) is 4.37. The van der Waals surface area contributed by atoms with Crippen molar-refractivity contribution in [1.82, 2.24) is 0 Å². The van der Waals surface area contributed by atoms with Gasteiger partial charge in [0.05, 0.1) is 14.2 Å². The predicted octanol–water partition coefficient (Wildman–Crippen LogP) is 4.40. The van der Waals surface area contributed by atoms with E-state index in [1.54, 1.807) is 14.2 Å². The molecule has 0 bridgehead atoms. The van der Waals surface area contributed by atoms with Gasteiger partial charge in [-0.2, -0.15) is 11.8 Å². The first-order chi connectivity index (χ1) is 12.7. The Balaban J connectivity index is 1.66. The van der Waals surface area contributed by atoms with Gasteiger partial charge in [-0.1, -0.05) is 0 Å². The summed E-state index contributed by atoms with van der Waals surface area (Å²) in [6, 6.07) is 11.8. The first-order valence-corrected chi connectivity index (χ1v) is 9.61. The first kappa shape index (κ1) is 15.7. The van der Waals surface area contributed by atoms with Gasteiger partial charge in [-0.25, -0.2) is 0 Å². The molecule has 0 N–H and O–H groups in total. The molecule has 2 aromatic carbocycles. The molecule has 26 heavy (non-hydrogen) atoms. The van der Waals surface area contributed by atoms with Crippen LogP contribution in [0.25, 0.3) is 12.2 Å². The Labute approximate surface area is 156 Å². The summed E-state index contributed by atoms with van der Waals surface area (Å²) < 4.78 is 23.7. The van der Waals surface area contributed by atoms with E-state index >= 15 is 0 Å². The molecule has 5 heteroatoms. The number of ether oxygens (including phenoxy) is 4. The highest BCUT2D eigenvalue weighted by atomic mass is 32.2. The van der Waals surface area contributed by atoms with E-state index in [-0.39, 0.29) is 0 Å². The number of methoxy groups -OCH3 is 2. The highest BCUT2D eigenvalue weighted by molar-refractivity contribution is 7.99. The van der Waals surface area contributed by atoms with Gasteiger partial charge in [0.15, 0.2) is 0 Å². The standard InChI is InChI=1S/C21H18O4S/c1-22-17-5-3-13-7-15-11-26-12-16-8-14-4-6-18(23-2)10-20(14)25-21(15,16)24-19(13)9-17/h3-10H,11-12H2,1-2H3. The summed E-state index contributed by atoms with van der Waals surface area (Å²) in [7, 11) is 3.32. The van der Waals surface area contributed by atoms with E-state index in [4.69, 9.17) is 18.9 Å². The molecule has 1 saturated heterocycles. The maximum atomic E-state index is 6.51. The van der Waals surface area contributed by atoms with E-state index in [0.717, 1.165) is 56.8 Å². The van der Waals surface area contributed by atoms with Gasteiger partial charge in [0.1, 0.15) is 23.0 Å². The fourth-order valence-electron chi connectivity index (χ4n) is 3.61. The number of thioether (sulfide) groups is 1. The molecule has 0 saturated carbocycles. The molecular formula is C21H18O4S. The van der Waals surface area contributed by atoms with Crippen molar-refractivity contribution in [2.75, 3.05) is 25.7 Å². The van der Waals surface area contributed by atoms with Crippen molar-refractivity contribution < 1.29 is 18.9 Å². The second-order valence-electron chi connectivity index (χ2n) is 6.46. The zero-order valence-corrected chi connectivity index (χ0v) is 15.4. The van der Waals surface area contributed by atoms with Crippen molar-refractivity contribution in [3.63, 3.8) is 0 Å². The van der Waals surface area contributed by atoms with E-state index in [1.807, 2.05) is 48.2 Å². The van der Waals surface area contributed by atoms with Gasteiger partial charge in [0, 0.05) is 45.9 Å². The summed E-state index contributed by atoms with van der Waals surface area (Å²) >= 11 is 1.88. The molecule has 5 rings (SSSR count). The maximum absolute atomic E-state index is 6.51. The normalized spacial score (nSPS) is 18.5. The molecule has 3 aliphatic rings. The van der Waals surface area contributed by atoms with Crippen LogP contribution in [0.3, 0.4) is 0 Å². The third-order valence-electron chi connectivity index (χ3n) is 4.97. The van der Waals surface area contributed by atoms with E-state index in [0.29, 0.717) is 0 Å². The van der Waals surface area contributed by atoms with Gasteiger partial charge in [0.25, 0.3) is 5.79 Å². The average molecular weight is 366 g/mol. The Hall–Kier alpha value is -2.53. The number of fused-ring (bicyclic) bond motifs is 2. The molecule has 4 nitrogen and oxygen atoms in total. The Morgan fingerprint density at radius 2 is 1.31 bits per heavy atom. The predicted molar refractivity (Wildman–Crippen MR) is 103 cm³/mol. The van der Waals surface area contributed by atoms with Crippen LogP contribution >= 0.6 is 11.8 Å². The Bertz CT molecular complexity index is 883. The van der Waals surface area contributed by atoms with Crippen LogP contribution in [-0.4, -0.2) is 31.5 Å². The molecule has 0 atom stereocenters. The van der Waals surface area contributed by atoms with Gasteiger partial charge in [0.2, 0.25) is 0 Å². The summed E-state index contributed by atoms with van der Waals surface area (Å²) in [5.41, 5.74) is 4.36. The van der Waals surface area contributed by atoms with Crippen LogP contribution < -0.4 is 18.9 Å². The average Bonchev–Trinajstić information content (AvgIpc) is 2.68. The lowest BCUT2D eigenvalue weighted by atomic mass is 9.90. The van der Waals surface area contributed by atoms with E-state index in [2.05, 4.69) is 12.2 Å². The lowest BCUT2D eigenvalue weighted by Gasteiger charge is -2.45. The molecule has 3 heterocycles. The maximum Gasteiger partial charge on any atom is 0.299 e. The molecule has 0 radical (unpaired) electrons. The number of hydrogen-bond donors (Lipinski definition) is 0. The fraction of sp³-hybridized carbons (Fsp3) is 0.238. The van der Waals surface area contributed by atoms with Crippen LogP contribution in [-0.2, 0) is 0 Å². The zero-order chi connectivity index (χ0) is 17.7. The van der Waals surface area contributed by atoms with Crippen LogP contribution in [0, 0.1) is 0 Å². The van der Waals surface area contributed by atoms with Crippen LogP contribution in [0.2, 0.25) is 0 Å². The summed E-state index contributed by atoms with van der Waals surface area (Å²) in [5, 5.41) is 0. The van der Waals surface area contributed by atoms with Gasteiger partial charge in [-0.15, -0.1) is 0 Å². The van der Waals surface area contributed by atoms with Crippen molar-refractivity contribution in [2.24, 2.45) is 0 Å². The number of rotatable bonds is 2. The summed E-state index contributed by atoms with van der Waals surface area (Å²) in [5.74, 6) is 3.97. The monoisotopic (exact) mass is 366 g/mol. The Morgan fingerprint density at radius 3 is 1.77 bits per heavy atom. The van der Waals surface area contributed by atoms with Crippen molar-refractivity contribution in [3.8, 4) is 23.0 Å². The smallest absolute Gasteiger partial charge is 0.299 e. The van der Waals surface area contributed by atoms with Crippen LogP contribution in [0.15, 0.2) is 47.5 Å². The molecule has 0 amide bonds. The van der Waals surface area contributed by atoms with E-state index in [9.17, 15) is 0 Å². The SMILES string of the molecule is COc1ccc2c(c1)OC13Oc4cc(OC)ccc4C=C1CSCC3=C2. The number of hydrogen-bond acceptors (Lipinski definition) is 5. The lowest BCUT2D eigenvalue weighted by molar-refractivity contribution is -0.0516. The highest BCUT2D eigenvalue weighted by Crippen LogP contribution is 2.50. The van der Waals surface area contributed by atoms with E-state index < -0.39 is 5.79 Å². The summed E-state index contributed by atoms with van der Waals surface area (Å²) in [6.45, 7) is 0. The molecule has 0 unspecified atom stereocenters. The molecule has 0 aliphatic carbocycles. The molecule has 0 aromatic heterocycles. The van der Waals surface area contributed by atoms with Crippen molar-refractivity contribution >= 4 is 23.9 Å².